The molecular weight excluding hydrogens is 502 g/mol. The summed E-state index contributed by atoms with van der Waals surface area (Å²) in [5.74, 6) is -1.66. The van der Waals surface area contributed by atoms with E-state index in [4.69, 9.17) is 17.3 Å². The predicted octanol–water partition coefficient (Wildman–Crippen LogP) is 5.86. The summed E-state index contributed by atoms with van der Waals surface area (Å²) in [7, 11) is 0. The van der Waals surface area contributed by atoms with Crippen LogP contribution in [0.4, 0.5) is 5.69 Å². The van der Waals surface area contributed by atoms with Crippen molar-refractivity contribution >= 4 is 61.5 Å². The fourth-order valence-electron chi connectivity index (χ4n) is 4.43. The van der Waals surface area contributed by atoms with Crippen molar-refractivity contribution in [1.29, 1.82) is 0 Å². The number of fused-ring (bicyclic) bond motifs is 2. The summed E-state index contributed by atoms with van der Waals surface area (Å²) in [6.45, 7) is 0.456. The number of benzene rings is 3. The molecule has 36 heavy (non-hydrogen) atoms. The van der Waals surface area contributed by atoms with Crippen LogP contribution in [0.3, 0.4) is 0 Å². The Kier molecular flexibility index (Phi) is 5.95. The van der Waals surface area contributed by atoms with E-state index in [0.717, 1.165) is 26.6 Å². The van der Waals surface area contributed by atoms with Crippen LogP contribution in [0.2, 0.25) is 5.02 Å². The Morgan fingerprint density at radius 3 is 2.58 bits per heavy atom. The molecule has 8 nitrogen and oxygen atoms in total. The molecule has 0 aliphatic heterocycles. The number of carboxylic acids is 1. The summed E-state index contributed by atoms with van der Waals surface area (Å²) >= 11 is 7.81. The zero-order valence-electron chi connectivity index (χ0n) is 18.6. The number of aliphatic carboxylic acids is 1. The number of carbonyl (C=O) groups excluding carboxylic acids is 1. The van der Waals surface area contributed by atoms with Crippen LogP contribution >= 0.6 is 22.9 Å². The van der Waals surface area contributed by atoms with E-state index >= 15 is 0 Å². The van der Waals surface area contributed by atoms with Gasteiger partial charge in [-0.2, -0.15) is 0 Å². The number of thiophene rings is 1. The molecule has 3 N–H and O–H groups in total. The van der Waals surface area contributed by atoms with Crippen LogP contribution in [0.1, 0.15) is 21.5 Å². The SMILES string of the molecule is NC(=O)c1ccc([N+](=O)[O-])cc1-c1ccc2c(CC(=O)O)cn(Cc3csc4ccc(Cl)cc34)c2c1. The van der Waals surface area contributed by atoms with Crippen LogP contribution in [-0.2, 0) is 17.8 Å². The number of non-ortho nitro benzene ring substituents is 1. The van der Waals surface area contributed by atoms with Gasteiger partial charge in [0.05, 0.1) is 11.3 Å². The van der Waals surface area contributed by atoms with Crippen LogP contribution < -0.4 is 5.73 Å². The third-order valence-electron chi connectivity index (χ3n) is 6.05. The molecular formula is C26H18ClN3O5S. The van der Waals surface area contributed by atoms with Crippen LogP contribution in [0.15, 0.2) is 66.2 Å². The lowest BCUT2D eigenvalue weighted by Gasteiger charge is -2.10. The molecule has 0 saturated heterocycles. The third kappa shape index (κ3) is 4.30. The number of nitrogens with zero attached hydrogens (tertiary/aromatic N) is 2. The van der Waals surface area contributed by atoms with Crippen LogP contribution in [0, 0.1) is 10.1 Å². The third-order valence-corrected chi connectivity index (χ3v) is 7.30. The van der Waals surface area contributed by atoms with Crippen molar-refractivity contribution in [2.45, 2.75) is 13.0 Å². The fraction of sp³-hybridized carbons (Fsp3) is 0.0769. The number of nitro groups is 1. The lowest BCUT2D eigenvalue weighted by atomic mass is 9.97. The number of carbonyl (C=O) groups is 2. The van der Waals surface area contributed by atoms with Crippen LogP contribution in [0.25, 0.3) is 32.1 Å². The zero-order valence-corrected chi connectivity index (χ0v) is 20.2. The molecule has 0 aliphatic rings. The molecule has 180 valence electrons. The molecule has 5 rings (SSSR count). The van der Waals surface area contributed by atoms with Gasteiger partial charge in [0.1, 0.15) is 0 Å². The number of aromatic nitrogens is 1. The van der Waals surface area contributed by atoms with Crippen LogP contribution in [0.5, 0.6) is 0 Å². The lowest BCUT2D eigenvalue weighted by molar-refractivity contribution is -0.384. The Morgan fingerprint density at radius 2 is 1.86 bits per heavy atom. The largest absolute Gasteiger partial charge is 0.481 e. The van der Waals surface area contributed by atoms with Crippen molar-refractivity contribution in [3.8, 4) is 11.1 Å². The van der Waals surface area contributed by atoms with Crippen LogP contribution in [-0.4, -0.2) is 26.5 Å². The molecule has 10 heteroatoms. The van der Waals surface area contributed by atoms with E-state index in [0.29, 0.717) is 28.3 Å². The number of nitrogens with two attached hydrogens (primary N) is 1. The summed E-state index contributed by atoms with van der Waals surface area (Å²) in [5.41, 5.74) is 8.81. The maximum Gasteiger partial charge on any atom is 0.307 e. The normalized spacial score (nSPS) is 11.2. The van der Waals surface area contributed by atoms with E-state index < -0.39 is 16.8 Å². The van der Waals surface area contributed by atoms with E-state index in [1.807, 2.05) is 28.1 Å². The van der Waals surface area contributed by atoms with E-state index in [1.54, 1.807) is 35.7 Å². The molecule has 5 aromatic rings. The van der Waals surface area contributed by atoms with Gasteiger partial charge < -0.3 is 15.4 Å². The predicted molar refractivity (Wildman–Crippen MR) is 140 cm³/mol. The molecule has 0 saturated carbocycles. The molecule has 0 radical (unpaired) electrons. The van der Waals surface area contributed by atoms with E-state index in [2.05, 4.69) is 0 Å². The molecule has 0 bridgehead atoms. The fourth-order valence-corrected chi connectivity index (χ4v) is 5.54. The standard InChI is InChI=1S/C26H18ClN3O5S/c27-17-2-6-24-22(9-17)16(13-36-24)12-29-11-15(8-25(31)32)19-4-1-14(7-23(19)29)21-10-18(30(34)35)3-5-20(21)26(28)33/h1-7,9-11,13H,8,12H2,(H2,28,33)(H,31,32). The number of carboxylic acid groups (broad SMARTS) is 1. The highest BCUT2D eigenvalue weighted by Crippen LogP contribution is 2.34. The topological polar surface area (TPSA) is 128 Å². The monoisotopic (exact) mass is 519 g/mol. The van der Waals surface area contributed by atoms with Gasteiger partial charge in [0.15, 0.2) is 0 Å². The summed E-state index contributed by atoms with van der Waals surface area (Å²) < 4.78 is 3.03. The highest BCUT2D eigenvalue weighted by atomic mass is 35.5. The molecule has 3 aromatic carbocycles. The minimum absolute atomic E-state index is 0.155. The molecule has 2 heterocycles. The second kappa shape index (κ2) is 9.10. The highest BCUT2D eigenvalue weighted by Gasteiger charge is 2.19. The Bertz CT molecular complexity index is 1710. The Morgan fingerprint density at radius 1 is 1.06 bits per heavy atom. The average molecular weight is 520 g/mol. The summed E-state index contributed by atoms with van der Waals surface area (Å²) in [6.07, 6.45) is 1.64. The number of amides is 1. The van der Waals surface area contributed by atoms with E-state index in [-0.39, 0.29) is 17.7 Å². The Hall–Kier alpha value is -4.21. The van der Waals surface area contributed by atoms with E-state index in [1.165, 1.54) is 18.2 Å². The van der Waals surface area contributed by atoms with Gasteiger partial charge in [-0.25, -0.2) is 0 Å². The minimum atomic E-state index is -0.958. The number of rotatable bonds is 7. The smallest absolute Gasteiger partial charge is 0.307 e. The average Bonchev–Trinajstić information content (AvgIpc) is 3.38. The maximum atomic E-state index is 12.1. The van der Waals surface area contributed by atoms with Gasteiger partial charge in [0.25, 0.3) is 5.69 Å². The number of hydrogen-bond acceptors (Lipinski definition) is 5. The van der Waals surface area contributed by atoms with Gasteiger partial charge in [-0.1, -0.05) is 23.7 Å². The Balaban J connectivity index is 1.69. The molecule has 0 atom stereocenters. The number of halogens is 1. The first-order chi connectivity index (χ1) is 17.2. The van der Waals surface area contributed by atoms with E-state index in [9.17, 15) is 24.8 Å². The first kappa shape index (κ1) is 23.5. The molecule has 0 aliphatic carbocycles. The number of primary amides is 1. The highest BCUT2D eigenvalue weighted by molar-refractivity contribution is 7.17. The van der Waals surface area contributed by atoms with Gasteiger partial charge in [0, 0.05) is 56.6 Å². The van der Waals surface area contributed by atoms with Crippen molar-refractivity contribution in [3.63, 3.8) is 0 Å². The van der Waals surface area contributed by atoms with Crippen molar-refractivity contribution in [1.82, 2.24) is 4.57 Å². The molecule has 0 fully saturated rings. The molecule has 0 spiro atoms. The van der Waals surface area contributed by atoms with Crippen molar-refractivity contribution in [2.24, 2.45) is 5.73 Å². The summed E-state index contributed by atoms with van der Waals surface area (Å²) in [5, 5.41) is 25.2. The summed E-state index contributed by atoms with van der Waals surface area (Å²) in [4.78, 5) is 34.4. The Labute approximate surface area is 213 Å². The molecule has 2 aromatic heterocycles. The quantitative estimate of drug-likeness (QED) is 0.205. The molecule has 0 unspecified atom stereocenters. The number of hydrogen-bond donors (Lipinski definition) is 2. The van der Waals surface area contributed by atoms with Crippen molar-refractivity contribution < 1.29 is 19.6 Å². The first-order valence-electron chi connectivity index (χ1n) is 10.8. The second-order valence-corrected chi connectivity index (χ2v) is 9.69. The number of nitro benzene ring substituents is 1. The van der Waals surface area contributed by atoms with Gasteiger partial charge in [0.2, 0.25) is 5.91 Å². The zero-order chi connectivity index (χ0) is 25.6. The lowest BCUT2D eigenvalue weighted by Crippen LogP contribution is -2.12. The first-order valence-corrected chi connectivity index (χ1v) is 12.0. The second-order valence-electron chi connectivity index (χ2n) is 8.34. The van der Waals surface area contributed by atoms with Crippen molar-refractivity contribution in [2.75, 3.05) is 0 Å². The minimum Gasteiger partial charge on any atom is -0.481 e. The van der Waals surface area contributed by atoms with Gasteiger partial charge in [-0.3, -0.25) is 19.7 Å². The summed E-state index contributed by atoms with van der Waals surface area (Å²) in [6, 6.07) is 14.9. The van der Waals surface area contributed by atoms with Crippen molar-refractivity contribution in [3.05, 3.63) is 98.0 Å². The molecule has 1 amide bonds. The van der Waals surface area contributed by atoms with Gasteiger partial charge in [-0.05, 0) is 57.8 Å². The van der Waals surface area contributed by atoms with Gasteiger partial charge >= 0.3 is 5.97 Å². The maximum absolute atomic E-state index is 12.1. The van der Waals surface area contributed by atoms with Gasteiger partial charge in [-0.15, -0.1) is 11.3 Å².